The van der Waals surface area contributed by atoms with Crippen molar-refractivity contribution in [3.63, 3.8) is 0 Å². The number of rotatable bonds is 7. The summed E-state index contributed by atoms with van der Waals surface area (Å²) in [5, 5.41) is 8.51. The summed E-state index contributed by atoms with van der Waals surface area (Å²) in [4.78, 5) is 21.0. The molecule has 0 aliphatic heterocycles. The van der Waals surface area contributed by atoms with E-state index >= 15 is 0 Å². The van der Waals surface area contributed by atoms with Crippen molar-refractivity contribution >= 4 is 16.9 Å². The van der Waals surface area contributed by atoms with Crippen molar-refractivity contribution in [3.05, 3.63) is 41.2 Å². The van der Waals surface area contributed by atoms with Crippen molar-refractivity contribution in [1.82, 2.24) is 25.1 Å². The lowest BCUT2D eigenvalue weighted by atomic mass is 10.0. The van der Waals surface area contributed by atoms with Crippen LogP contribution < -0.4 is 14.8 Å². The molecule has 1 unspecified atom stereocenters. The molecule has 8 heteroatoms. The molecule has 154 valence electrons. The molecule has 8 nitrogen and oxygen atoms in total. The van der Waals surface area contributed by atoms with Crippen LogP contribution in [0, 0.1) is 6.92 Å². The summed E-state index contributed by atoms with van der Waals surface area (Å²) in [5.41, 5.74) is 3.67. The third kappa shape index (κ3) is 4.47. The molecule has 0 aromatic carbocycles. The minimum Gasteiger partial charge on any atom is -0.481 e. The maximum atomic E-state index is 12.3. The predicted octanol–water partition coefficient (Wildman–Crippen LogP) is 3.06. The van der Waals surface area contributed by atoms with Crippen LogP contribution in [-0.2, 0) is 11.8 Å². The number of ether oxygens (including phenoxy) is 2. The highest BCUT2D eigenvalue weighted by molar-refractivity contribution is 5.83. The van der Waals surface area contributed by atoms with Crippen LogP contribution in [0.2, 0.25) is 0 Å². The average molecular weight is 397 g/mol. The lowest BCUT2D eigenvalue weighted by molar-refractivity contribution is -0.123. The van der Waals surface area contributed by atoms with E-state index in [-0.39, 0.29) is 18.6 Å². The van der Waals surface area contributed by atoms with Crippen molar-refractivity contribution in [2.24, 2.45) is 7.05 Å². The zero-order chi connectivity index (χ0) is 21.1. The first kappa shape index (κ1) is 20.6. The molecule has 0 saturated carbocycles. The molecule has 1 amide bonds. The molecular formula is C21H27N5O3. The molecule has 3 heterocycles. The number of hydrogen-bond donors (Lipinski definition) is 1. The fourth-order valence-electron chi connectivity index (χ4n) is 3.19. The summed E-state index contributed by atoms with van der Waals surface area (Å²) in [7, 11) is 3.43. The zero-order valence-electron chi connectivity index (χ0n) is 17.7. The Bertz CT molecular complexity index is 1010. The number of pyridine rings is 2. The number of nitrogens with zero attached hydrogens (tertiary/aromatic N) is 4. The smallest absolute Gasteiger partial charge is 0.258 e. The third-order valence-corrected chi connectivity index (χ3v) is 4.74. The van der Waals surface area contributed by atoms with E-state index in [1.807, 2.05) is 33.0 Å². The van der Waals surface area contributed by atoms with Crippen LogP contribution in [0.15, 0.2) is 24.4 Å². The Morgan fingerprint density at radius 3 is 2.62 bits per heavy atom. The van der Waals surface area contributed by atoms with Gasteiger partial charge < -0.3 is 14.8 Å². The second-order valence-corrected chi connectivity index (χ2v) is 7.35. The van der Waals surface area contributed by atoms with Gasteiger partial charge in [0.05, 0.1) is 18.8 Å². The second-order valence-electron chi connectivity index (χ2n) is 7.35. The lowest BCUT2D eigenvalue weighted by Gasteiger charge is -2.14. The number of methoxy groups -OCH3 is 1. The van der Waals surface area contributed by atoms with Crippen LogP contribution in [0.25, 0.3) is 11.0 Å². The number of fused-ring (bicyclic) bond motifs is 1. The fourth-order valence-corrected chi connectivity index (χ4v) is 3.19. The van der Waals surface area contributed by atoms with Crippen LogP contribution in [0.5, 0.6) is 11.8 Å². The van der Waals surface area contributed by atoms with Crippen LogP contribution >= 0.6 is 0 Å². The van der Waals surface area contributed by atoms with Crippen molar-refractivity contribution in [2.45, 2.75) is 39.7 Å². The molecule has 0 fully saturated rings. The molecule has 0 spiro atoms. The molecule has 0 aliphatic rings. The standard InChI is InChI=1S/C21H27N5O3/c1-12(2)20-19-13(3)9-18(24-21(19)26(5)25-20)29-11-16(27)23-14(4)15-7-8-17(28-6)22-10-15/h7-10,12,14H,11H2,1-6H3,(H,23,27). The van der Waals surface area contributed by atoms with Crippen LogP contribution in [0.1, 0.15) is 49.6 Å². The summed E-state index contributed by atoms with van der Waals surface area (Å²) in [6.07, 6.45) is 1.68. The van der Waals surface area contributed by atoms with Gasteiger partial charge in [0, 0.05) is 30.8 Å². The highest BCUT2D eigenvalue weighted by Gasteiger charge is 2.17. The van der Waals surface area contributed by atoms with Gasteiger partial charge in [-0.25, -0.2) is 4.98 Å². The first-order valence-corrected chi connectivity index (χ1v) is 9.56. The molecule has 3 aromatic heterocycles. The summed E-state index contributed by atoms with van der Waals surface area (Å²) in [6, 6.07) is 5.27. The summed E-state index contributed by atoms with van der Waals surface area (Å²) in [6.45, 7) is 7.98. The molecular weight excluding hydrogens is 370 g/mol. The molecule has 29 heavy (non-hydrogen) atoms. The van der Waals surface area contributed by atoms with Gasteiger partial charge in [-0.05, 0) is 30.9 Å². The topological polar surface area (TPSA) is 91.2 Å². The van der Waals surface area contributed by atoms with Crippen LogP contribution in [-0.4, -0.2) is 39.4 Å². The summed E-state index contributed by atoms with van der Waals surface area (Å²) < 4.78 is 12.5. The number of aryl methyl sites for hydroxylation is 2. The number of aromatic nitrogens is 4. The number of amides is 1. The Morgan fingerprint density at radius 2 is 2.00 bits per heavy atom. The van der Waals surface area contributed by atoms with Gasteiger partial charge in [-0.15, -0.1) is 0 Å². The van der Waals surface area contributed by atoms with Crippen molar-refractivity contribution in [3.8, 4) is 11.8 Å². The van der Waals surface area contributed by atoms with Gasteiger partial charge >= 0.3 is 0 Å². The molecule has 0 bridgehead atoms. The van der Waals surface area contributed by atoms with Crippen molar-refractivity contribution in [1.29, 1.82) is 0 Å². The SMILES string of the molecule is COc1ccc(C(C)NC(=O)COc2cc(C)c3c(C(C)C)nn(C)c3n2)cn1. The monoisotopic (exact) mass is 397 g/mol. The van der Waals surface area contributed by atoms with Crippen molar-refractivity contribution < 1.29 is 14.3 Å². The maximum Gasteiger partial charge on any atom is 0.258 e. The molecule has 0 saturated heterocycles. The van der Waals surface area contributed by atoms with Gasteiger partial charge in [0.15, 0.2) is 12.3 Å². The number of carbonyl (C=O) groups is 1. The van der Waals surface area contributed by atoms with Gasteiger partial charge in [-0.2, -0.15) is 10.1 Å². The minimum absolute atomic E-state index is 0.124. The summed E-state index contributed by atoms with van der Waals surface area (Å²) >= 11 is 0. The van der Waals surface area contributed by atoms with Gasteiger partial charge in [0.1, 0.15) is 0 Å². The molecule has 3 aromatic rings. The fraction of sp³-hybridized carbons (Fsp3) is 0.429. The van der Waals surface area contributed by atoms with E-state index in [0.29, 0.717) is 17.7 Å². The van der Waals surface area contributed by atoms with E-state index in [0.717, 1.165) is 27.9 Å². The van der Waals surface area contributed by atoms with Crippen molar-refractivity contribution in [2.75, 3.05) is 13.7 Å². The Balaban J connectivity index is 1.66. The quantitative estimate of drug-likeness (QED) is 0.659. The second kappa shape index (κ2) is 8.46. The van der Waals surface area contributed by atoms with Gasteiger partial charge in [-0.1, -0.05) is 19.9 Å². The molecule has 0 aliphatic carbocycles. The Labute approximate surface area is 170 Å². The molecule has 3 rings (SSSR count). The summed E-state index contributed by atoms with van der Waals surface area (Å²) in [5.74, 6) is 0.997. The average Bonchev–Trinajstić information content (AvgIpc) is 3.04. The minimum atomic E-state index is -0.235. The molecule has 1 N–H and O–H groups in total. The third-order valence-electron chi connectivity index (χ3n) is 4.74. The van der Waals surface area contributed by atoms with E-state index in [1.54, 1.807) is 24.1 Å². The number of nitrogens with one attached hydrogen (secondary N) is 1. The van der Waals surface area contributed by atoms with Gasteiger partial charge in [-0.3, -0.25) is 9.48 Å². The largest absolute Gasteiger partial charge is 0.481 e. The van der Waals surface area contributed by atoms with E-state index in [9.17, 15) is 4.79 Å². The maximum absolute atomic E-state index is 12.3. The van der Waals surface area contributed by atoms with Crippen LogP contribution in [0.4, 0.5) is 0 Å². The number of hydrogen-bond acceptors (Lipinski definition) is 6. The lowest BCUT2D eigenvalue weighted by Crippen LogP contribution is -2.31. The van der Waals surface area contributed by atoms with E-state index in [4.69, 9.17) is 9.47 Å². The van der Waals surface area contributed by atoms with E-state index in [2.05, 4.69) is 34.2 Å². The highest BCUT2D eigenvalue weighted by atomic mass is 16.5. The first-order chi connectivity index (χ1) is 13.8. The first-order valence-electron chi connectivity index (χ1n) is 9.56. The highest BCUT2D eigenvalue weighted by Crippen LogP contribution is 2.28. The van der Waals surface area contributed by atoms with Gasteiger partial charge in [0.2, 0.25) is 11.8 Å². The van der Waals surface area contributed by atoms with E-state index in [1.165, 1.54) is 0 Å². The normalized spacial score (nSPS) is 12.2. The molecule has 1 atom stereocenters. The Kier molecular flexibility index (Phi) is 6.00. The predicted molar refractivity (Wildman–Crippen MR) is 110 cm³/mol. The Hall–Kier alpha value is -3.16. The van der Waals surface area contributed by atoms with E-state index < -0.39 is 0 Å². The Morgan fingerprint density at radius 1 is 1.24 bits per heavy atom. The van der Waals surface area contributed by atoms with Crippen LogP contribution in [0.3, 0.4) is 0 Å². The zero-order valence-corrected chi connectivity index (χ0v) is 17.7. The van der Waals surface area contributed by atoms with Gasteiger partial charge in [0.25, 0.3) is 5.91 Å². The molecule has 0 radical (unpaired) electrons. The number of carbonyl (C=O) groups excluding carboxylic acids is 1.